The molecule has 1 N–H and O–H groups in total. The fourth-order valence-electron chi connectivity index (χ4n) is 1.80. The summed E-state index contributed by atoms with van der Waals surface area (Å²) in [6.07, 6.45) is 0. The Hall–Kier alpha value is -2.14. The number of amides is 1. The number of nitrogens with one attached hydrogen (secondary N) is 1. The highest BCUT2D eigenvalue weighted by molar-refractivity contribution is 6.20. The van der Waals surface area contributed by atoms with E-state index >= 15 is 0 Å². The molecule has 1 unspecified atom stereocenters. The number of halogens is 1. The molecule has 2 rings (SSSR count). The van der Waals surface area contributed by atoms with Gasteiger partial charge in [-0.05, 0) is 31.2 Å². The fraction of sp³-hybridized carbons (Fsp3) is 0.312. The number of carbonyl (C=O) groups excluding carboxylic acids is 1. The van der Waals surface area contributed by atoms with Crippen LogP contribution in [0.4, 0.5) is 0 Å². The maximum absolute atomic E-state index is 11.9. The van der Waals surface area contributed by atoms with Gasteiger partial charge in [-0.1, -0.05) is 6.07 Å². The molecule has 22 heavy (non-hydrogen) atoms. The summed E-state index contributed by atoms with van der Waals surface area (Å²) in [4.78, 5) is 11.9. The Morgan fingerprint density at radius 3 is 2.77 bits per heavy atom. The predicted octanol–water partition coefficient (Wildman–Crippen LogP) is 3.40. The van der Waals surface area contributed by atoms with E-state index in [4.69, 9.17) is 25.5 Å². The van der Waals surface area contributed by atoms with Gasteiger partial charge in [-0.25, -0.2) is 0 Å². The SMILES string of the molecule is COc1cccc(OCCNC(=O)c2ccc(C(C)Cl)o2)c1. The quantitative estimate of drug-likeness (QED) is 0.626. The minimum atomic E-state index is -0.294. The van der Waals surface area contributed by atoms with Crippen molar-refractivity contribution in [2.45, 2.75) is 12.3 Å². The van der Waals surface area contributed by atoms with Crippen LogP contribution in [0.2, 0.25) is 0 Å². The number of ether oxygens (including phenoxy) is 2. The molecule has 0 spiro atoms. The Morgan fingerprint density at radius 2 is 2.09 bits per heavy atom. The van der Waals surface area contributed by atoms with Gasteiger partial charge in [0.2, 0.25) is 0 Å². The molecule has 2 aromatic rings. The van der Waals surface area contributed by atoms with Crippen LogP contribution in [0.25, 0.3) is 0 Å². The molecule has 0 fully saturated rings. The second-order valence-corrected chi connectivity index (χ2v) is 5.26. The van der Waals surface area contributed by atoms with E-state index in [2.05, 4.69) is 5.32 Å². The average molecular weight is 324 g/mol. The highest BCUT2D eigenvalue weighted by Crippen LogP contribution is 2.21. The van der Waals surface area contributed by atoms with E-state index < -0.39 is 0 Å². The first-order valence-electron chi connectivity index (χ1n) is 6.89. The molecule has 118 valence electrons. The van der Waals surface area contributed by atoms with Crippen LogP contribution in [0.1, 0.15) is 28.6 Å². The molecule has 0 saturated carbocycles. The number of hydrogen-bond donors (Lipinski definition) is 1. The summed E-state index contributed by atoms with van der Waals surface area (Å²) in [6, 6.07) is 10.6. The van der Waals surface area contributed by atoms with Gasteiger partial charge >= 0.3 is 0 Å². The van der Waals surface area contributed by atoms with E-state index in [1.165, 1.54) is 0 Å². The van der Waals surface area contributed by atoms with Gasteiger partial charge < -0.3 is 19.2 Å². The van der Waals surface area contributed by atoms with Crippen LogP contribution in [-0.2, 0) is 0 Å². The van der Waals surface area contributed by atoms with E-state index in [0.717, 1.165) is 5.75 Å². The van der Waals surface area contributed by atoms with Crippen molar-refractivity contribution < 1.29 is 18.7 Å². The number of hydrogen-bond acceptors (Lipinski definition) is 4. The third-order valence-electron chi connectivity index (χ3n) is 2.94. The summed E-state index contributed by atoms with van der Waals surface area (Å²) in [5.41, 5.74) is 0. The maximum Gasteiger partial charge on any atom is 0.287 e. The first-order chi connectivity index (χ1) is 10.6. The van der Waals surface area contributed by atoms with E-state index in [1.54, 1.807) is 32.2 Å². The van der Waals surface area contributed by atoms with Gasteiger partial charge in [-0.2, -0.15) is 0 Å². The largest absolute Gasteiger partial charge is 0.497 e. The zero-order valence-electron chi connectivity index (χ0n) is 12.5. The van der Waals surface area contributed by atoms with Crippen molar-refractivity contribution in [1.29, 1.82) is 0 Å². The Labute approximate surface area is 134 Å². The maximum atomic E-state index is 11.9. The predicted molar refractivity (Wildman–Crippen MR) is 83.8 cm³/mol. The molecular formula is C16H18ClNO4. The summed E-state index contributed by atoms with van der Waals surface area (Å²) in [5.74, 6) is 1.92. The fourth-order valence-corrected chi connectivity index (χ4v) is 1.92. The third-order valence-corrected chi connectivity index (χ3v) is 3.16. The zero-order valence-corrected chi connectivity index (χ0v) is 13.2. The first-order valence-corrected chi connectivity index (χ1v) is 7.32. The molecule has 1 heterocycles. The van der Waals surface area contributed by atoms with Crippen molar-refractivity contribution >= 4 is 17.5 Å². The molecule has 0 aliphatic rings. The topological polar surface area (TPSA) is 60.7 Å². The van der Waals surface area contributed by atoms with Crippen molar-refractivity contribution in [2.75, 3.05) is 20.3 Å². The monoisotopic (exact) mass is 323 g/mol. The van der Waals surface area contributed by atoms with Crippen molar-refractivity contribution in [3.63, 3.8) is 0 Å². The molecule has 1 amide bonds. The van der Waals surface area contributed by atoms with Crippen LogP contribution in [0.5, 0.6) is 11.5 Å². The normalized spacial score (nSPS) is 11.8. The van der Waals surface area contributed by atoms with Crippen LogP contribution in [0.15, 0.2) is 40.8 Å². The number of methoxy groups -OCH3 is 1. The molecule has 5 nitrogen and oxygen atoms in total. The van der Waals surface area contributed by atoms with Crippen LogP contribution < -0.4 is 14.8 Å². The lowest BCUT2D eigenvalue weighted by molar-refractivity contribution is 0.0917. The summed E-state index contributed by atoms with van der Waals surface area (Å²) in [7, 11) is 1.60. The number of alkyl halides is 1. The molecule has 0 bridgehead atoms. The minimum absolute atomic E-state index is 0.240. The lowest BCUT2D eigenvalue weighted by Gasteiger charge is -2.08. The van der Waals surface area contributed by atoms with Crippen molar-refractivity contribution in [3.8, 4) is 11.5 Å². The van der Waals surface area contributed by atoms with E-state index in [1.807, 2.05) is 18.2 Å². The molecule has 1 atom stereocenters. The molecule has 1 aromatic carbocycles. The number of rotatable bonds is 7. The van der Waals surface area contributed by atoms with Crippen LogP contribution in [0, 0.1) is 0 Å². The lowest BCUT2D eigenvalue weighted by Crippen LogP contribution is -2.27. The summed E-state index contributed by atoms with van der Waals surface area (Å²) < 4.78 is 16.0. The Morgan fingerprint density at radius 1 is 1.32 bits per heavy atom. The van der Waals surface area contributed by atoms with Crippen LogP contribution in [0.3, 0.4) is 0 Å². The number of benzene rings is 1. The smallest absolute Gasteiger partial charge is 0.287 e. The van der Waals surface area contributed by atoms with Crippen LogP contribution in [-0.4, -0.2) is 26.2 Å². The highest BCUT2D eigenvalue weighted by atomic mass is 35.5. The Kier molecular flexibility index (Phi) is 5.72. The molecule has 1 aromatic heterocycles. The molecule has 0 aliphatic carbocycles. The number of carbonyl (C=O) groups is 1. The molecule has 0 aliphatic heterocycles. The minimum Gasteiger partial charge on any atom is -0.497 e. The zero-order chi connectivity index (χ0) is 15.9. The Bertz CT molecular complexity index is 624. The number of furan rings is 1. The first kappa shape index (κ1) is 16.2. The van der Waals surface area contributed by atoms with Gasteiger partial charge in [0.15, 0.2) is 5.76 Å². The van der Waals surface area contributed by atoms with Gasteiger partial charge in [0.1, 0.15) is 23.9 Å². The second-order valence-electron chi connectivity index (χ2n) is 4.60. The van der Waals surface area contributed by atoms with E-state index in [9.17, 15) is 4.79 Å². The summed E-state index contributed by atoms with van der Waals surface area (Å²) in [5, 5.41) is 2.45. The molecular weight excluding hydrogens is 306 g/mol. The van der Waals surface area contributed by atoms with E-state index in [-0.39, 0.29) is 17.0 Å². The van der Waals surface area contributed by atoms with E-state index in [0.29, 0.717) is 24.7 Å². The van der Waals surface area contributed by atoms with Gasteiger partial charge in [-0.15, -0.1) is 11.6 Å². The van der Waals surface area contributed by atoms with Gasteiger partial charge in [-0.3, -0.25) is 4.79 Å². The standard InChI is InChI=1S/C16H18ClNO4/c1-11(17)14-6-7-15(22-14)16(19)18-8-9-21-13-5-3-4-12(10-13)20-2/h3-7,10-11H,8-9H2,1-2H3,(H,18,19). The molecule has 0 radical (unpaired) electrons. The van der Waals surface area contributed by atoms with Crippen molar-refractivity contribution in [1.82, 2.24) is 5.32 Å². The second kappa shape index (κ2) is 7.75. The average Bonchev–Trinajstić information content (AvgIpc) is 3.02. The third kappa shape index (κ3) is 4.43. The van der Waals surface area contributed by atoms with Crippen molar-refractivity contribution in [3.05, 3.63) is 47.9 Å². The highest BCUT2D eigenvalue weighted by Gasteiger charge is 2.13. The summed E-state index contributed by atoms with van der Waals surface area (Å²) in [6.45, 7) is 2.49. The van der Waals surface area contributed by atoms with Crippen molar-refractivity contribution in [2.24, 2.45) is 0 Å². The Balaban J connectivity index is 1.76. The van der Waals surface area contributed by atoms with Gasteiger partial charge in [0.05, 0.1) is 19.0 Å². The summed E-state index contributed by atoms with van der Waals surface area (Å²) >= 11 is 5.88. The van der Waals surface area contributed by atoms with Crippen LogP contribution >= 0.6 is 11.6 Å². The van der Waals surface area contributed by atoms with Gasteiger partial charge in [0.25, 0.3) is 5.91 Å². The lowest BCUT2D eigenvalue weighted by atomic mass is 10.3. The molecule has 0 saturated heterocycles. The molecule has 6 heteroatoms. The van der Waals surface area contributed by atoms with Gasteiger partial charge in [0, 0.05) is 6.07 Å².